The van der Waals surface area contributed by atoms with Gasteiger partial charge in [0.05, 0.1) is 18.8 Å². The van der Waals surface area contributed by atoms with Crippen LogP contribution in [-0.4, -0.2) is 24.5 Å². The first-order valence-corrected chi connectivity index (χ1v) is 5.63. The zero-order chi connectivity index (χ0) is 12.7. The average Bonchev–Trinajstić information content (AvgIpc) is 2.78. The molecule has 0 saturated heterocycles. The minimum Gasteiger partial charge on any atom is -0.469 e. The van der Waals surface area contributed by atoms with Gasteiger partial charge < -0.3 is 15.1 Å². The molecule has 1 amide bonds. The summed E-state index contributed by atoms with van der Waals surface area (Å²) in [6, 6.07) is 3.66. The fourth-order valence-corrected chi connectivity index (χ4v) is 1.58. The molecule has 0 aliphatic heterocycles. The highest BCUT2D eigenvalue weighted by Gasteiger charge is 2.15. The first kappa shape index (κ1) is 13.3. The van der Waals surface area contributed by atoms with E-state index in [2.05, 4.69) is 16.6 Å². The van der Waals surface area contributed by atoms with Gasteiger partial charge in [-0.05, 0) is 26.0 Å². The Morgan fingerprint density at radius 3 is 2.94 bits per heavy atom. The molecular weight excluding hydrogens is 216 g/mol. The lowest BCUT2D eigenvalue weighted by Gasteiger charge is -2.18. The van der Waals surface area contributed by atoms with Crippen LogP contribution in [0.2, 0.25) is 0 Å². The first-order valence-electron chi connectivity index (χ1n) is 5.63. The lowest BCUT2D eigenvalue weighted by molar-refractivity contribution is -0.122. The Bertz CT molecular complexity index is 379. The highest BCUT2D eigenvalue weighted by molar-refractivity contribution is 5.81. The molecule has 2 N–H and O–H groups in total. The molecule has 0 aromatic carbocycles. The molecule has 1 rings (SSSR count). The third-order valence-electron chi connectivity index (χ3n) is 2.38. The van der Waals surface area contributed by atoms with Gasteiger partial charge >= 0.3 is 0 Å². The van der Waals surface area contributed by atoms with E-state index in [0.717, 1.165) is 12.2 Å². The second kappa shape index (κ2) is 6.77. The number of carbonyl (C=O) groups excluding carboxylic acids is 1. The normalized spacial score (nSPS) is 13.7. The summed E-state index contributed by atoms with van der Waals surface area (Å²) in [7, 11) is 0. The van der Waals surface area contributed by atoms with E-state index >= 15 is 0 Å². The van der Waals surface area contributed by atoms with Crippen molar-refractivity contribution in [3.05, 3.63) is 24.2 Å². The third kappa shape index (κ3) is 4.75. The Kier molecular flexibility index (Phi) is 5.31. The molecule has 0 saturated carbocycles. The highest BCUT2D eigenvalue weighted by Crippen LogP contribution is 2.04. The third-order valence-corrected chi connectivity index (χ3v) is 2.38. The molecule has 0 bridgehead atoms. The predicted octanol–water partition coefficient (Wildman–Crippen LogP) is 0.938. The van der Waals surface area contributed by atoms with Crippen molar-refractivity contribution in [2.24, 2.45) is 0 Å². The molecule has 17 heavy (non-hydrogen) atoms. The van der Waals surface area contributed by atoms with Crippen LogP contribution in [0.1, 0.15) is 19.6 Å². The number of carbonyl (C=O) groups is 1. The molecule has 1 aromatic heterocycles. The molecule has 1 aromatic rings. The average molecular weight is 234 g/mol. The number of furan rings is 1. The zero-order valence-corrected chi connectivity index (χ0v) is 10.2. The number of terminal acetylenes is 1. The summed E-state index contributed by atoms with van der Waals surface area (Å²) in [6.45, 7) is 4.08. The minimum absolute atomic E-state index is 0.0887. The summed E-state index contributed by atoms with van der Waals surface area (Å²) in [5.41, 5.74) is 0. The van der Waals surface area contributed by atoms with E-state index in [4.69, 9.17) is 10.8 Å². The maximum atomic E-state index is 11.5. The smallest absolute Gasteiger partial charge is 0.237 e. The number of rotatable bonds is 6. The Morgan fingerprint density at radius 2 is 2.35 bits per heavy atom. The van der Waals surface area contributed by atoms with E-state index in [1.54, 1.807) is 6.26 Å². The van der Waals surface area contributed by atoms with Crippen molar-refractivity contribution in [1.82, 2.24) is 10.6 Å². The zero-order valence-electron chi connectivity index (χ0n) is 10.2. The van der Waals surface area contributed by atoms with Gasteiger partial charge in [-0.25, -0.2) is 0 Å². The fraction of sp³-hybridized carbons (Fsp3) is 0.462. The lowest BCUT2D eigenvalue weighted by Crippen LogP contribution is -2.46. The SMILES string of the molecule is C#CCNC(=O)C(C)NC(C)Cc1ccco1. The van der Waals surface area contributed by atoms with Crippen molar-refractivity contribution in [2.75, 3.05) is 6.54 Å². The Balaban J connectivity index is 2.32. The van der Waals surface area contributed by atoms with Gasteiger partial charge in [-0.1, -0.05) is 5.92 Å². The largest absolute Gasteiger partial charge is 0.469 e. The van der Waals surface area contributed by atoms with Crippen LogP contribution in [-0.2, 0) is 11.2 Å². The second-order valence-electron chi connectivity index (χ2n) is 3.99. The topological polar surface area (TPSA) is 54.3 Å². The number of hydrogen-bond donors (Lipinski definition) is 2. The molecule has 4 nitrogen and oxygen atoms in total. The molecule has 0 spiro atoms. The standard InChI is InChI=1S/C13H18N2O2/c1-4-7-14-13(16)11(3)15-10(2)9-12-6-5-8-17-12/h1,5-6,8,10-11,15H,7,9H2,2-3H3,(H,14,16). The molecule has 0 fully saturated rings. The first-order chi connectivity index (χ1) is 8.13. The van der Waals surface area contributed by atoms with Gasteiger partial charge in [0.2, 0.25) is 5.91 Å². The van der Waals surface area contributed by atoms with E-state index in [0.29, 0.717) is 0 Å². The summed E-state index contributed by atoms with van der Waals surface area (Å²) in [4.78, 5) is 11.5. The van der Waals surface area contributed by atoms with E-state index in [1.807, 2.05) is 26.0 Å². The molecule has 2 atom stereocenters. The van der Waals surface area contributed by atoms with E-state index in [9.17, 15) is 4.79 Å². The van der Waals surface area contributed by atoms with Gasteiger partial charge in [-0.3, -0.25) is 4.79 Å². The van der Waals surface area contributed by atoms with Gasteiger partial charge in [-0.2, -0.15) is 0 Å². The van der Waals surface area contributed by atoms with E-state index < -0.39 is 0 Å². The molecule has 0 aliphatic rings. The van der Waals surface area contributed by atoms with Gasteiger partial charge in [-0.15, -0.1) is 6.42 Å². The van der Waals surface area contributed by atoms with Gasteiger partial charge in [0, 0.05) is 12.5 Å². The lowest BCUT2D eigenvalue weighted by atomic mass is 10.1. The van der Waals surface area contributed by atoms with Crippen LogP contribution in [0.5, 0.6) is 0 Å². The summed E-state index contributed by atoms with van der Waals surface area (Å²) in [5.74, 6) is 3.18. The molecule has 1 heterocycles. The highest BCUT2D eigenvalue weighted by atomic mass is 16.3. The molecule has 2 unspecified atom stereocenters. The second-order valence-corrected chi connectivity index (χ2v) is 3.99. The van der Waals surface area contributed by atoms with Crippen LogP contribution >= 0.6 is 0 Å². The predicted molar refractivity (Wildman–Crippen MR) is 66.3 cm³/mol. The van der Waals surface area contributed by atoms with Crippen molar-refractivity contribution in [1.29, 1.82) is 0 Å². The summed E-state index contributed by atoms with van der Waals surface area (Å²) in [5, 5.41) is 5.82. The van der Waals surface area contributed by atoms with Crippen LogP contribution in [0, 0.1) is 12.3 Å². The maximum Gasteiger partial charge on any atom is 0.237 e. The van der Waals surface area contributed by atoms with Crippen molar-refractivity contribution < 1.29 is 9.21 Å². The monoisotopic (exact) mass is 234 g/mol. The van der Waals surface area contributed by atoms with Gasteiger partial charge in [0.1, 0.15) is 5.76 Å². The quantitative estimate of drug-likeness (QED) is 0.720. The molecule has 0 radical (unpaired) electrons. The van der Waals surface area contributed by atoms with Crippen LogP contribution in [0.15, 0.2) is 22.8 Å². The number of nitrogens with one attached hydrogen (secondary N) is 2. The van der Waals surface area contributed by atoms with Crippen molar-refractivity contribution in [3.8, 4) is 12.3 Å². The van der Waals surface area contributed by atoms with Crippen molar-refractivity contribution in [3.63, 3.8) is 0 Å². The molecule has 92 valence electrons. The summed E-state index contributed by atoms with van der Waals surface area (Å²) >= 11 is 0. The van der Waals surface area contributed by atoms with Crippen LogP contribution in [0.3, 0.4) is 0 Å². The molecule has 4 heteroatoms. The Labute approximate surface area is 102 Å². The van der Waals surface area contributed by atoms with E-state index in [-0.39, 0.29) is 24.5 Å². The minimum atomic E-state index is -0.270. The summed E-state index contributed by atoms with van der Waals surface area (Å²) in [6.07, 6.45) is 7.46. The number of hydrogen-bond acceptors (Lipinski definition) is 3. The molecular formula is C13H18N2O2. The Hall–Kier alpha value is -1.73. The fourth-order valence-electron chi connectivity index (χ4n) is 1.58. The van der Waals surface area contributed by atoms with Gasteiger partial charge in [0.25, 0.3) is 0 Å². The molecule has 0 aliphatic carbocycles. The summed E-state index contributed by atoms with van der Waals surface area (Å²) < 4.78 is 5.24. The maximum absolute atomic E-state index is 11.5. The van der Waals surface area contributed by atoms with Crippen LogP contribution in [0.4, 0.5) is 0 Å². The number of amides is 1. The van der Waals surface area contributed by atoms with Gasteiger partial charge in [0.15, 0.2) is 0 Å². The van der Waals surface area contributed by atoms with Crippen LogP contribution in [0.25, 0.3) is 0 Å². The van der Waals surface area contributed by atoms with Crippen LogP contribution < -0.4 is 10.6 Å². The van der Waals surface area contributed by atoms with Crippen molar-refractivity contribution >= 4 is 5.91 Å². The van der Waals surface area contributed by atoms with Crippen molar-refractivity contribution in [2.45, 2.75) is 32.4 Å². The van der Waals surface area contributed by atoms with E-state index in [1.165, 1.54) is 0 Å². The Morgan fingerprint density at radius 1 is 1.59 bits per heavy atom.